The summed E-state index contributed by atoms with van der Waals surface area (Å²) in [6, 6.07) is 7.99. The highest BCUT2D eigenvalue weighted by Crippen LogP contribution is 2.20. The summed E-state index contributed by atoms with van der Waals surface area (Å²) >= 11 is 0. The first-order valence-electron chi connectivity index (χ1n) is 12.2. The lowest BCUT2D eigenvalue weighted by Crippen LogP contribution is -2.49. The van der Waals surface area contributed by atoms with Crippen LogP contribution in [0.5, 0.6) is 0 Å². The third-order valence-corrected chi connectivity index (χ3v) is 6.84. The monoisotopic (exact) mass is 482 g/mol. The Hall–Kier alpha value is -4.23. The summed E-state index contributed by atoms with van der Waals surface area (Å²) < 4.78 is 5.52. The van der Waals surface area contributed by atoms with Gasteiger partial charge in [0.1, 0.15) is 12.4 Å². The molecule has 5 heterocycles. The summed E-state index contributed by atoms with van der Waals surface area (Å²) in [5.41, 5.74) is 9.07. The molecule has 6 rings (SSSR count). The van der Waals surface area contributed by atoms with Crippen LogP contribution in [0.3, 0.4) is 0 Å². The van der Waals surface area contributed by atoms with Crippen molar-refractivity contribution in [3.05, 3.63) is 58.5 Å². The second-order valence-electron chi connectivity index (χ2n) is 9.24. The van der Waals surface area contributed by atoms with Crippen molar-refractivity contribution >= 4 is 33.8 Å². The molecule has 182 valence electrons. The topological polar surface area (TPSA) is 114 Å². The highest BCUT2D eigenvalue weighted by molar-refractivity contribution is 5.80. The number of aromatic amines is 1. The number of hydrogen-bond donors (Lipinski definition) is 2. The summed E-state index contributed by atoms with van der Waals surface area (Å²) in [5.74, 6) is 8.03. The first-order valence-corrected chi connectivity index (χ1v) is 12.2. The van der Waals surface area contributed by atoms with E-state index in [0.717, 1.165) is 48.5 Å². The Morgan fingerprint density at radius 3 is 2.97 bits per heavy atom. The van der Waals surface area contributed by atoms with Crippen LogP contribution in [0, 0.1) is 18.8 Å². The summed E-state index contributed by atoms with van der Waals surface area (Å²) in [4.78, 5) is 33.7. The van der Waals surface area contributed by atoms with Crippen LogP contribution in [0.4, 0.5) is 5.95 Å². The van der Waals surface area contributed by atoms with Crippen molar-refractivity contribution in [1.29, 1.82) is 0 Å². The predicted molar refractivity (Wildman–Crippen MR) is 138 cm³/mol. The van der Waals surface area contributed by atoms with E-state index < -0.39 is 0 Å². The van der Waals surface area contributed by atoms with E-state index in [1.165, 1.54) is 0 Å². The number of rotatable bonds is 4. The highest BCUT2D eigenvalue weighted by Gasteiger charge is 2.31. The van der Waals surface area contributed by atoms with Crippen molar-refractivity contribution in [3.63, 3.8) is 0 Å². The smallest absolute Gasteiger partial charge is 0.325 e. The summed E-state index contributed by atoms with van der Waals surface area (Å²) in [7, 11) is 0. The van der Waals surface area contributed by atoms with E-state index >= 15 is 0 Å². The Morgan fingerprint density at radius 1 is 1.28 bits per heavy atom. The van der Waals surface area contributed by atoms with Gasteiger partial charge in [-0.2, -0.15) is 0 Å². The predicted octanol–water partition coefficient (Wildman–Crippen LogP) is 1.52. The minimum Gasteiger partial charge on any atom is -0.325 e. The number of nitrogens with one attached hydrogen (secondary N) is 1. The number of aryl methyl sites for hydroxylation is 1. The molecule has 10 heteroatoms. The second-order valence-corrected chi connectivity index (χ2v) is 9.24. The van der Waals surface area contributed by atoms with Crippen molar-refractivity contribution in [2.24, 2.45) is 5.73 Å². The maximum Gasteiger partial charge on any atom is 0.360 e. The van der Waals surface area contributed by atoms with E-state index in [4.69, 9.17) is 15.7 Å². The Bertz CT molecular complexity index is 1730. The van der Waals surface area contributed by atoms with Crippen LogP contribution < -0.4 is 20.8 Å². The molecule has 0 spiro atoms. The Labute approximate surface area is 207 Å². The van der Waals surface area contributed by atoms with Crippen LogP contribution >= 0.6 is 0 Å². The molecule has 1 saturated heterocycles. The molecule has 0 amide bonds. The van der Waals surface area contributed by atoms with Crippen LogP contribution in [0.1, 0.15) is 31.3 Å². The number of fused-ring (bicyclic) bond motifs is 4. The van der Waals surface area contributed by atoms with Crippen molar-refractivity contribution in [2.75, 3.05) is 18.0 Å². The van der Waals surface area contributed by atoms with Crippen molar-refractivity contribution in [3.8, 4) is 11.8 Å². The summed E-state index contributed by atoms with van der Waals surface area (Å²) in [5, 5.41) is 1.00. The van der Waals surface area contributed by atoms with E-state index in [2.05, 4.69) is 26.7 Å². The molecule has 1 aliphatic heterocycles. The number of aromatic nitrogens is 7. The zero-order valence-corrected chi connectivity index (χ0v) is 20.4. The van der Waals surface area contributed by atoms with Crippen molar-refractivity contribution < 1.29 is 4.57 Å². The van der Waals surface area contributed by atoms with Gasteiger partial charge in [0.05, 0.1) is 25.2 Å². The minimum absolute atomic E-state index is 0.0917. The molecule has 0 saturated carbocycles. The molecule has 4 aromatic heterocycles. The number of benzene rings is 1. The van der Waals surface area contributed by atoms with Gasteiger partial charge in [-0.25, -0.2) is 24.5 Å². The molecule has 0 bridgehead atoms. The number of anilines is 1. The number of H-pyrrole nitrogens is 1. The van der Waals surface area contributed by atoms with Gasteiger partial charge in [0.15, 0.2) is 0 Å². The van der Waals surface area contributed by atoms with Gasteiger partial charge in [0, 0.05) is 29.5 Å². The highest BCUT2D eigenvalue weighted by atomic mass is 16.1. The van der Waals surface area contributed by atoms with E-state index in [9.17, 15) is 4.79 Å². The van der Waals surface area contributed by atoms with Gasteiger partial charge >= 0.3 is 5.95 Å². The van der Waals surface area contributed by atoms with Gasteiger partial charge in [-0.15, -0.1) is 5.92 Å². The van der Waals surface area contributed by atoms with Crippen LogP contribution in [0.15, 0.2) is 41.5 Å². The van der Waals surface area contributed by atoms with Gasteiger partial charge in [-0.05, 0) is 32.8 Å². The molecule has 0 radical (unpaired) electrons. The fourth-order valence-corrected chi connectivity index (χ4v) is 5.16. The van der Waals surface area contributed by atoms with E-state index in [1.54, 1.807) is 17.7 Å². The molecule has 3 N–H and O–H groups in total. The quantitative estimate of drug-likeness (QED) is 0.297. The number of piperidine rings is 1. The SMILES string of the molecule is CC#CC[n+]1c(N2CCC[C@@H](N)C2)[nH]c2c1c(=O)n(Cc1nc(C)c3ccccc3n1)c1nccn21. The lowest BCUT2D eigenvalue weighted by Gasteiger charge is -2.26. The molecule has 5 aromatic rings. The first kappa shape index (κ1) is 22.2. The molecule has 36 heavy (non-hydrogen) atoms. The molecule has 1 fully saturated rings. The third-order valence-electron chi connectivity index (χ3n) is 6.84. The first-order chi connectivity index (χ1) is 17.5. The molecule has 0 aliphatic carbocycles. The van der Waals surface area contributed by atoms with Gasteiger partial charge < -0.3 is 5.73 Å². The van der Waals surface area contributed by atoms with Crippen LogP contribution in [-0.2, 0) is 13.1 Å². The number of nitrogens with two attached hydrogens (primary N) is 1. The number of para-hydroxylation sites is 1. The van der Waals surface area contributed by atoms with Gasteiger partial charge in [0.2, 0.25) is 16.9 Å². The number of imidazole rings is 2. The van der Waals surface area contributed by atoms with Gasteiger partial charge in [-0.3, -0.25) is 18.7 Å². The largest absolute Gasteiger partial charge is 0.360 e. The molecule has 10 nitrogen and oxygen atoms in total. The standard InChI is InChI=1S/C26H27N9O/c1-3-4-13-33-22-23(31-26(33)32-12-7-8-18(27)15-32)34-14-11-28-25(34)35(24(22)36)16-21-29-17(2)19-9-5-6-10-20(19)30-21/h5-6,9-11,14,18H,7-8,12-13,15-16,27H2,1-2H3/p+1/t18-/m1/s1. The molecule has 1 atom stereocenters. The third kappa shape index (κ3) is 3.60. The van der Waals surface area contributed by atoms with Crippen LogP contribution in [-0.4, -0.2) is 48.0 Å². The van der Waals surface area contributed by atoms with Crippen molar-refractivity contribution in [1.82, 2.24) is 28.9 Å². The fourth-order valence-electron chi connectivity index (χ4n) is 5.16. The minimum atomic E-state index is -0.167. The Kier molecular flexibility index (Phi) is 5.42. The average molecular weight is 483 g/mol. The Morgan fingerprint density at radius 2 is 2.14 bits per heavy atom. The molecule has 1 aliphatic rings. The van der Waals surface area contributed by atoms with E-state index in [1.807, 2.05) is 46.4 Å². The van der Waals surface area contributed by atoms with Crippen LogP contribution in [0.25, 0.3) is 27.8 Å². The molecular formula is C26H28N9O+. The van der Waals surface area contributed by atoms with Crippen molar-refractivity contribution in [2.45, 2.75) is 45.8 Å². The number of hydrogen-bond acceptors (Lipinski definition) is 6. The maximum atomic E-state index is 14.1. The van der Waals surface area contributed by atoms with Gasteiger partial charge in [0.25, 0.3) is 5.56 Å². The maximum absolute atomic E-state index is 14.1. The molecular weight excluding hydrogens is 454 g/mol. The van der Waals surface area contributed by atoms with Crippen LogP contribution in [0.2, 0.25) is 0 Å². The number of nitrogens with zero attached hydrogens (tertiary/aromatic N) is 7. The lowest BCUT2D eigenvalue weighted by atomic mass is 10.1. The zero-order chi connectivity index (χ0) is 24.8. The Balaban J connectivity index is 1.56. The fraction of sp³-hybridized carbons (Fsp3) is 0.346. The summed E-state index contributed by atoms with van der Waals surface area (Å²) in [6.07, 6.45) is 5.55. The molecule has 0 unspecified atom stereocenters. The van der Waals surface area contributed by atoms with Gasteiger partial charge in [-0.1, -0.05) is 24.1 Å². The van der Waals surface area contributed by atoms with E-state index in [0.29, 0.717) is 29.3 Å². The second kappa shape index (κ2) is 8.77. The average Bonchev–Trinajstić information content (AvgIpc) is 3.51. The molecule has 1 aromatic carbocycles. The zero-order valence-electron chi connectivity index (χ0n) is 20.4. The lowest BCUT2D eigenvalue weighted by molar-refractivity contribution is -0.646. The summed E-state index contributed by atoms with van der Waals surface area (Å²) in [6.45, 7) is 5.94. The van der Waals surface area contributed by atoms with E-state index in [-0.39, 0.29) is 18.1 Å². The normalized spacial score (nSPS) is 16.1.